The number of carbonyl (C=O) groups excluding carboxylic acids is 1. The first-order valence-electron chi connectivity index (χ1n) is 9.82. The van der Waals surface area contributed by atoms with Crippen LogP contribution in [0.1, 0.15) is 37.4 Å². The minimum absolute atomic E-state index is 0.672. The van der Waals surface area contributed by atoms with Crippen molar-refractivity contribution in [2.75, 3.05) is 26.2 Å². The van der Waals surface area contributed by atoms with Crippen LogP contribution in [0, 0.1) is 5.92 Å². The van der Waals surface area contributed by atoms with Gasteiger partial charge in [-0.05, 0) is 75.4 Å². The van der Waals surface area contributed by atoms with Crippen molar-refractivity contribution in [3.05, 3.63) is 53.1 Å². The summed E-state index contributed by atoms with van der Waals surface area (Å²) in [6.45, 7) is 6.78. The second kappa shape index (κ2) is 12.5. The summed E-state index contributed by atoms with van der Waals surface area (Å²) < 4.78 is 0. The fourth-order valence-electron chi connectivity index (χ4n) is 3.36. The van der Waals surface area contributed by atoms with Gasteiger partial charge in [-0.25, -0.2) is 4.98 Å². The molecule has 0 aliphatic carbocycles. The molecule has 0 saturated carbocycles. The molecular weight excluding hydrogens is 360 g/mol. The maximum atomic E-state index is 9.92. The van der Waals surface area contributed by atoms with Crippen LogP contribution in [0.15, 0.2) is 36.8 Å². The maximum Gasteiger partial charge on any atom is 0.207 e. The molecule has 6 heteroatoms. The van der Waals surface area contributed by atoms with Crippen molar-refractivity contribution in [2.24, 2.45) is 5.92 Å². The van der Waals surface area contributed by atoms with Gasteiger partial charge >= 0.3 is 0 Å². The van der Waals surface area contributed by atoms with E-state index in [1.54, 1.807) is 6.33 Å². The third kappa shape index (κ3) is 8.59. The number of nitrogens with zero attached hydrogens (tertiary/aromatic N) is 2. The molecule has 3 rings (SSSR count). The van der Waals surface area contributed by atoms with Crippen molar-refractivity contribution < 1.29 is 4.79 Å². The number of imidazole rings is 1. The second-order valence-corrected chi connectivity index (χ2v) is 7.45. The number of H-pyrrole nitrogens is 1. The first-order valence-corrected chi connectivity index (χ1v) is 10.2. The molecule has 2 aromatic rings. The highest BCUT2D eigenvalue weighted by atomic mass is 35.5. The minimum Gasteiger partial charge on any atom is -0.358 e. The summed E-state index contributed by atoms with van der Waals surface area (Å²) in [5, 5.41) is 3.34. The molecule has 1 aromatic heterocycles. The second-order valence-electron chi connectivity index (χ2n) is 7.01. The number of halogens is 1. The van der Waals surface area contributed by atoms with Gasteiger partial charge in [0, 0.05) is 23.5 Å². The van der Waals surface area contributed by atoms with E-state index in [2.05, 4.69) is 27.1 Å². The van der Waals surface area contributed by atoms with Gasteiger partial charge in [0.2, 0.25) is 6.41 Å². The van der Waals surface area contributed by atoms with E-state index in [1.807, 2.05) is 30.5 Å². The van der Waals surface area contributed by atoms with Crippen LogP contribution in [0.5, 0.6) is 0 Å². The highest BCUT2D eigenvalue weighted by Crippen LogP contribution is 2.20. The number of benzene rings is 1. The van der Waals surface area contributed by atoms with E-state index in [9.17, 15) is 4.79 Å². The fourth-order valence-corrected chi connectivity index (χ4v) is 3.49. The Morgan fingerprint density at radius 1 is 1.30 bits per heavy atom. The summed E-state index contributed by atoms with van der Waals surface area (Å²) in [5.41, 5.74) is 2.47. The zero-order chi connectivity index (χ0) is 19.3. The van der Waals surface area contributed by atoms with Crippen LogP contribution in [0.2, 0.25) is 5.02 Å². The van der Waals surface area contributed by atoms with Crippen molar-refractivity contribution in [3.63, 3.8) is 0 Å². The normalized spacial score (nSPS) is 15.0. The summed E-state index contributed by atoms with van der Waals surface area (Å²) in [6.07, 6.45) is 10.4. The van der Waals surface area contributed by atoms with Crippen molar-refractivity contribution in [1.29, 1.82) is 0 Å². The quantitative estimate of drug-likeness (QED) is 0.533. The number of aromatic nitrogens is 2. The zero-order valence-electron chi connectivity index (χ0n) is 16.2. The standard InChI is InChI=1S/C12H21N3.C9H10ClNO/c1-2-5-15-6-3-11(4-7-15)8-12-9-13-10-14-12;10-9-3-1-8(2-4-9)5-6-11-7-12/h9-11H,2-8H2,1H3,(H,13,14);1-4,7H,5-6H2,(H,11,12). The largest absolute Gasteiger partial charge is 0.358 e. The molecule has 0 atom stereocenters. The van der Waals surface area contributed by atoms with E-state index in [1.165, 1.54) is 56.6 Å². The lowest BCUT2D eigenvalue weighted by molar-refractivity contribution is -0.109. The van der Waals surface area contributed by atoms with E-state index in [0.29, 0.717) is 13.0 Å². The van der Waals surface area contributed by atoms with Gasteiger partial charge in [-0.1, -0.05) is 30.7 Å². The van der Waals surface area contributed by atoms with Crippen molar-refractivity contribution in [2.45, 2.75) is 39.0 Å². The lowest BCUT2D eigenvalue weighted by atomic mass is 9.92. The minimum atomic E-state index is 0.672. The van der Waals surface area contributed by atoms with E-state index in [-0.39, 0.29) is 0 Å². The molecule has 1 amide bonds. The molecule has 1 aromatic carbocycles. The number of piperidine rings is 1. The predicted octanol–water partition coefficient (Wildman–Crippen LogP) is 3.70. The Labute approximate surface area is 167 Å². The summed E-state index contributed by atoms with van der Waals surface area (Å²) >= 11 is 5.70. The predicted molar refractivity (Wildman–Crippen MR) is 111 cm³/mol. The number of hydrogen-bond donors (Lipinski definition) is 2. The number of aromatic amines is 1. The Morgan fingerprint density at radius 2 is 2.04 bits per heavy atom. The molecule has 5 nitrogen and oxygen atoms in total. The lowest BCUT2D eigenvalue weighted by Crippen LogP contribution is -2.34. The van der Waals surface area contributed by atoms with Gasteiger partial charge in [0.1, 0.15) is 0 Å². The molecule has 1 saturated heterocycles. The topological polar surface area (TPSA) is 61.0 Å². The van der Waals surface area contributed by atoms with E-state index >= 15 is 0 Å². The highest BCUT2D eigenvalue weighted by molar-refractivity contribution is 6.30. The van der Waals surface area contributed by atoms with Crippen LogP contribution in [0.4, 0.5) is 0 Å². The van der Waals surface area contributed by atoms with Gasteiger partial charge in [-0.2, -0.15) is 0 Å². The summed E-state index contributed by atoms with van der Waals surface area (Å²) in [5.74, 6) is 0.860. The molecule has 0 spiro atoms. The smallest absolute Gasteiger partial charge is 0.207 e. The first kappa shape index (κ1) is 21.5. The number of rotatable bonds is 8. The number of likely N-dealkylation sites (tertiary alicyclic amines) is 1. The molecule has 0 radical (unpaired) electrons. The Balaban J connectivity index is 0.000000199. The Morgan fingerprint density at radius 3 is 2.63 bits per heavy atom. The molecule has 1 aliphatic heterocycles. The molecular formula is C21H31ClN4O. The maximum absolute atomic E-state index is 9.92. The Kier molecular flexibility index (Phi) is 9.95. The Hall–Kier alpha value is -1.85. The monoisotopic (exact) mass is 390 g/mol. The van der Waals surface area contributed by atoms with Crippen LogP contribution in [-0.2, 0) is 17.6 Å². The van der Waals surface area contributed by atoms with Gasteiger partial charge < -0.3 is 15.2 Å². The molecule has 1 fully saturated rings. The number of hydrogen-bond acceptors (Lipinski definition) is 3. The molecule has 0 unspecified atom stereocenters. The Bertz CT molecular complexity index is 622. The third-order valence-corrected chi connectivity index (χ3v) is 5.12. The summed E-state index contributed by atoms with van der Waals surface area (Å²) in [4.78, 5) is 19.8. The summed E-state index contributed by atoms with van der Waals surface area (Å²) in [6, 6.07) is 7.60. The van der Waals surface area contributed by atoms with Crippen molar-refractivity contribution in [1.82, 2.24) is 20.2 Å². The lowest BCUT2D eigenvalue weighted by Gasteiger charge is -2.31. The zero-order valence-corrected chi connectivity index (χ0v) is 16.9. The molecule has 1 aliphatic rings. The highest BCUT2D eigenvalue weighted by Gasteiger charge is 2.18. The van der Waals surface area contributed by atoms with E-state index in [4.69, 9.17) is 11.6 Å². The van der Waals surface area contributed by atoms with Gasteiger partial charge in [-0.3, -0.25) is 4.79 Å². The number of nitrogens with one attached hydrogen (secondary N) is 2. The van der Waals surface area contributed by atoms with Gasteiger partial charge in [0.15, 0.2) is 0 Å². The van der Waals surface area contributed by atoms with E-state index in [0.717, 1.165) is 17.4 Å². The van der Waals surface area contributed by atoms with E-state index < -0.39 is 0 Å². The van der Waals surface area contributed by atoms with Crippen LogP contribution in [0.25, 0.3) is 0 Å². The molecule has 27 heavy (non-hydrogen) atoms. The SMILES string of the molecule is CCCN1CCC(Cc2cnc[nH]2)CC1.O=CNCCc1ccc(Cl)cc1. The average molecular weight is 391 g/mol. The van der Waals surface area contributed by atoms with Crippen LogP contribution in [-0.4, -0.2) is 47.5 Å². The van der Waals surface area contributed by atoms with Crippen LogP contribution in [0.3, 0.4) is 0 Å². The van der Waals surface area contributed by atoms with Crippen LogP contribution < -0.4 is 5.32 Å². The average Bonchev–Trinajstić information content (AvgIpc) is 3.19. The molecule has 0 bridgehead atoms. The van der Waals surface area contributed by atoms with Gasteiger partial charge in [-0.15, -0.1) is 0 Å². The number of carbonyl (C=O) groups is 1. The first-order chi connectivity index (χ1) is 13.2. The fraction of sp³-hybridized carbons (Fsp3) is 0.524. The van der Waals surface area contributed by atoms with Crippen molar-refractivity contribution >= 4 is 18.0 Å². The molecule has 2 N–H and O–H groups in total. The number of amides is 1. The third-order valence-electron chi connectivity index (χ3n) is 4.87. The van der Waals surface area contributed by atoms with Gasteiger partial charge in [0.25, 0.3) is 0 Å². The van der Waals surface area contributed by atoms with Crippen molar-refractivity contribution in [3.8, 4) is 0 Å². The molecule has 2 heterocycles. The van der Waals surface area contributed by atoms with Crippen LogP contribution >= 0.6 is 11.6 Å². The summed E-state index contributed by atoms with van der Waals surface area (Å²) in [7, 11) is 0. The molecule has 148 valence electrons. The van der Waals surface area contributed by atoms with Gasteiger partial charge in [0.05, 0.1) is 6.33 Å².